The number of carbonyl (C=O) groups is 1. The maximum Gasteiger partial charge on any atom is 0.309 e. The van der Waals surface area contributed by atoms with Crippen molar-refractivity contribution in [2.75, 3.05) is 6.61 Å². The van der Waals surface area contributed by atoms with Crippen molar-refractivity contribution >= 4 is 5.97 Å². The molecular weight excluding hydrogens is 176 g/mol. The molecule has 0 fully saturated rings. The zero-order chi connectivity index (χ0) is 11.1. The number of rotatable bonds is 4. The Kier molecular flexibility index (Phi) is 5.93. The number of esters is 1. The first kappa shape index (κ1) is 12.9. The topological polar surface area (TPSA) is 26.3 Å². The van der Waals surface area contributed by atoms with Crippen molar-refractivity contribution in [1.82, 2.24) is 0 Å². The van der Waals surface area contributed by atoms with Crippen molar-refractivity contribution in [3.8, 4) is 0 Å². The summed E-state index contributed by atoms with van der Waals surface area (Å²) in [5, 5.41) is 0. The molecule has 0 atom stereocenters. The van der Waals surface area contributed by atoms with Crippen LogP contribution in [0.1, 0.15) is 41.0 Å². The molecule has 0 aliphatic heterocycles. The quantitative estimate of drug-likeness (QED) is 0.509. The number of ether oxygens (including phenoxy) is 1. The van der Waals surface area contributed by atoms with E-state index >= 15 is 0 Å². The first-order chi connectivity index (χ1) is 6.47. The molecule has 14 heavy (non-hydrogen) atoms. The summed E-state index contributed by atoms with van der Waals surface area (Å²) in [6.07, 6.45) is 2.47. The van der Waals surface area contributed by atoms with E-state index < -0.39 is 0 Å². The zero-order valence-corrected chi connectivity index (χ0v) is 9.81. The normalized spacial score (nSPS) is 11.8. The molecule has 0 aromatic rings. The maximum atomic E-state index is 11.2. The van der Waals surface area contributed by atoms with Gasteiger partial charge >= 0.3 is 5.97 Å². The summed E-state index contributed by atoms with van der Waals surface area (Å²) in [6, 6.07) is 0. The Labute approximate surface area is 86.6 Å². The fraction of sp³-hybridized carbons (Fsp3) is 0.583. The van der Waals surface area contributed by atoms with Gasteiger partial charge in [0.15, 0.2) is 0 Å². The van der Waals surface area contributed by atoms with Crippen LogP contribution < -0.4 is 0 Å². The third kappa shape index (κ3) is 5.57. The van der Waals surface area contributed by atoms with E-state index in [1.54, 1.807) is 0 Å². The van der Waals surface area contributed by atoms with E-state index in [9.17, 15) is 4.79 Å². The number of carbonyl (C=O) groups excluding carboxylic acids is 1. The molecule has 2 heteroatoms. The molecule has 2 nitrogen and oxygen atoms in total. The number of allylic oxidation sites excluding steroid dienone is 3. The lowest BCUT2D eigenvalue weighted by atomic mass is 10.1. The summed E-state index contributed by atoms with van der Waals surface area (Å²) in [6.45, 7) is 10.3. The number of hydrogen-bond acceptors (Lipinski definition) is 2. The Hall–Kier alpha value is -1.05. The average Bonchev–Trinajstić information content (AvgIpc) is 2.02. The molecule has 0 N–H and O–H groups in total. The molecular formula is C12H20O2. The third-order valence-electron chi connectivity index (χ3n) is 1.89. The smallest absolute Gasteiger partial charge is 0.309 e. The summed E-state index contributed by atoms with van der Waals surface area (Å²) in [5.41, 5.74) is 3.47. The van der Waals surface area contributed by atoms with Crippen LogP contribution in [0, 0.1) is 0 Å². The lowest BCUT2D eigenvalue weighted by Crippen LogP contribution is -2.04. The van der Waals surface area contributed by atoms with Gasteiger partial charge in [0, 0.05) is 0 Å². The summed E-state index contributed by atoms with van der Waals surface area (Å²) >= 11 is 0. The van der Waals surface area contributed by atoms with Gasteiger partial charge in [-0.3, -0.25) is 4.79 Å². The van der Waals surface area contributed by atoms with Crippen LogP contribution in [0.5, 0.6) is 0 Å². The van der Waals surface area contributed by atoms with Crippen LogP contribution in [-0.4, -0.2) is 12.6 Å². The molecule has 0 heterocycles. The van der Waals surface area contributed by atoms with Crippen molar-refractivity contribution in [2.24, 2.45) is 0 Å². The van der Waals surface area contributed by atoms with Gasteiger partial charge in [-0.2, -0.15) is 0 Å². The van der Waals surface area contributed by atoms with Gasteiger partial charge < -0.3 is 4.74 Å². The van der Waals surface area contributed by atoms with E-state index in [-0.39, 0.29) is 5.97 Å². The molecule has 0 radical (unpaired) electrons. The van der Waals surface area contributed by atoms with Crippen LogP contribution >= 0.6 is 0 Å². The molecule has 0 spiro atoms. The highest BCUT2D eigenvalue weighted by molar-refractivity contribution is 5.72. The van der Waals surface area contributed by atoms with Gasteiger partial charge in [0.05, 0.1) is 13.0 Å². The van der Waals surface area contributed by atoms with Crippen molar-refractivity contribution in [2.45, 2.75) is 41.0 Å². The predicted octanol–water partition coefficient (Wildman–Crippen LogP) is 3.24. The van der Waals surface area contributed by atoms with E-state index in [0.29, 0.717) is 13.0 Å². The van der Waals surface area contributed by atoms with Crippen molar-refractivity contribution in [3.05, 3.63) is 22.8 Å². The second-order valence-corrected chi connectivity index (χ2v) is 3.67. The highest BCUT2D eigenvalue weighted by Crippen LogP contribution is 2.11. The van der Waals surface area contributed by atoms with E-state index in [4.69, 9.17) is 4.74 Å². The van der Waals surface area contributed by atoms with Gasteiger partial charge in [0.1, 0.15) is 0 Å². The Morgan fingerprint density at radius 1 is 1.21 bits per heavy atom. The lowest BCUT2D eigenvalue weighted by Gasteiger charge is -2.04. The summed E-state index contributed by atoms with van der Waals surface area (Å²) in [4.78, 5) is 11.2. The molecule has 0 amide bonds. The molecule has 0 bridgehead atoms. The molecule has 0 aliphatic carbocycles. The van der Waals surface area contributed by atoms with Crippen LogP contribution in [0.15, 0.2) is 22.8 Å². The Morgan fingerprint density at radius 3 is 2.21 bits per heavy atom. The van der Waals surface area contributed by atoms with Crippen molar-refractivity contribution in [1.29, 1.82) is 0 Å². The fourth-order valence-electron chi connectivity index (χ4n) is 1.12. The third-order valence-corrected chi connectivity index (χ3v) is 1.89. The average molecular weight is 196 g/mol. The molecule has 0 saturated carbocycles. The molecule has 0 unspecified atom stereocenters. The van der Waals surface area contributed by atoms with E-state index in [1.807, 2.05) is 34.6 Å². The second kappa shape index (κ2) is 6.41. The van der Waals surface area contributed by atoms with Gasteiger partial charge in [0.2, 0.25) is 0 Å². The van der Waals surface area contributed by atoms with Crippen molar-refractivity contribution < 1.29 is 9.53 Å². The van der Waals surface area contributed by atoms with Crippen molar-refractivity contribution in [3.63, 3.8) is 0 Å². The summed E-state index contributed by atoms with van der Waals surface area (Å²) in [7, 11) is 0. The van der Waals surface area contributed by atoms with Gasteiger partial charge in [0.25, 0.3) is 0 Å². The van der Waals surface area contributed by atoms with Crippen LogP contribution in [0.25, 0.3) is 0 Å². The molecule has 0 aromatic carbocycles. The van der Waals surface area contributed by atoms with Crippen LogP contribution in [-0.2, 0) is 9.53 Å². The minimum absolute atomic E-state index is 0.147. The Balaban J connectivity index is 4.37. The molecule has 0 rings (SSSR count). The Bertz CT molecular complexity index is 255. The standard InChI is InChI=1S/C12H20O2/c1-6-14-12(13)8-11(5)10(4)7-9(2)3/h7H,6,8H2,1-5H3. The molecule has 0 aliphatic rings. The van der Waals surface area contributed by atoms with E-state index in [0.717, 1.165) is 11.1 Å². The van der Waals surface area contributed by atoms with Gasteiger partial charge in [-0.25, -0.2) is 0 Å². The van der Waals surface area contributed by atoms with Gasteiger partial charge in [-0.15, -0.1) is 0 Å². The fourth-order valence-corrected chi connectivity index (χ4v) is 1.12. The summed E-state index contributed by atoms with van der Waals surface area (Å²) < 4.78 is 4.87. The van der Waals surface area contributed by atoms with Crippen LogP contribution in [0.2, 0.25) is 0 Å². The van der Waals surface area contributed by atoms with Gasteiger partial charge in [-0.05, 0) is 34.6 Å². The lowest BCUT2D eigenvalue weighted by molar-refractivity contribution is -0.142. The minimum atomic E-state index is -0.147. The zero-order valence-electron chi connectivity index (χ0n) is 9.81. The van der Waals surface area contributed by atoms with Crippen LogP contribution in [0.3, 0.4) is 0 Å². The Morgan fingerprint density at radius 2 is 1.79 bits per heavy atom. The molecule has 80 valence electrons. The maximum absolute atomic E-state index is 11.2. The van der Waals surface area contributed by atoms with E-state index in [2.05, 4.69) is 6.08 Å². The van der Waals surface area contributed by atoms with E-state index in [1.165, 1.54) is 5.57 Å². The second-order valence-electron chi connectivity index (χ2n) is 3.67. The highest BCUT2D eigenvalue weighted by atomic mass is 16.5. The SMILES string of the molecule is CCOC(=O)CC(C)=C(C)C=C(C)C. The van der Waals surface area contributed by atoms with Gasteiger partial charge in [-0.1, -0.05) is 22.8 Å². The molecule has 0 aromatic heterocycles. The van der Waals surface area contributed by atoms with Crippen LogP contribution in [0.4, 0.5) is 0 Å². The number of hydrogen-bond donors (Lipinski definition) is 0. The minimum Gasteiger partial charge on any atom is -0.466 e. The largest absolute Gasteiger partial charge is 0.466 e. The first-order valence-corrected chi connectivity index (χ1v) is 4.94. The first-order valence-electron chi connectivity index (χ1n) is 4.94. The predicted molar refractivity (Wildman–Crippen MR) is 59.1 cm³/mol. The highest BCUT2D eigenvalue weighted by Gasteiger charge is 2.04. The monoisotopic (exact) mass is 196 g/mol. The molecule has 0 saturated heterocycles. The summed E-state index contributed by atoms with van der Waals surface area (Å²) in [5.74, 6) is -0.147.